The Bertz CT molecular complexity index is 384. The molecule has 80 valence electrons. The van der Waals surface area contributed by atoms with Crippen LogP contribution in [0, 0.1) is 0 Å². The number of hydrogen-bond acceptors (Lipinski definition) is 2. The van der Waals surface area contributed by atoms with Crippen molar-refractivity contribution in [1.82, 2.24) is 0 Å². The third-order valence-electron chi connectivity index (χ3n) is 2.92. The van der Waals surface area contributed by atoms with Crippen LogP contribution < -0.4 is 0 Å². The first kappa shape index (κ1) is 10.2. The topological polar surface area (TPSA) is 57.5 Å². The lowest BCUT2D eigenvalue weighted by Crippen LogP contribution is -2.02. The smallest absolute Gasteiger partial charge is 0.335 e. The molecule has 0 fully saturated rings. The molecule has 1 atom stereocenters. The van der Waals surface area contributed by atoms with Gasteiger partial charge in [-0.05, 0) is 42.5 Å². The fourth-order valence-electron chi connectivity index (χ4n) is 2.09. The summed E-state index contributed by atoms with van der Waals surface area (Å²) >= 11 is 0. The van der Waals surface area contributed by atoms with E-state index in [9.17, 15) is 9.90 Å². The molecule has 1 unspecified atom stereocenters. The van der Waals surface area contributed by atoms with E-state index in [4.69, 9.17) is 5.11 Å². The van der Waals surface area contributed by atoms with Gasteiger partial charge in [-0.2, -0.15) is 0 Å². The maximum Gasteiger partial charge on any atom is 0.335 e. The fourth-order valence-corrected chi connectivity index (χ4v) is 2.09. The molecule has 3 nitrogen and oxygen atoms in total. The van der Waals surface area contributed by atoms with Crippen LogP contribution in [0.2, 0.25) is 0 Å². The molecule has 0 bridgehead atoms. The third kappa shape index (κ3) is 2.02. The van der Waals surface area contributed by atoms with Gasteiger partial charge in [-0.1, -0.05) is 12.5 Å². The second-order valence-corrected chi connectivity index (χ2v) is 3.98. The number of carboxylic acid groups (broad SMARTS) is 1. The van der Waals surface area contributed by atoms with Crippen LogP contribution >= 0.6 is 0 Å². The van der Waals surface area contributed by atoms with E-state index in [2.05, 4.69) is 0 Å². The minimum atomic E-state index is -0.906. The van der Waals surface area contributed by atoms with E-state index < -0.39 is 12.1 Å². The summed E-state index contributed by atoms with van der Waals surface area (Å²) in [6.07, 6.45) is 3.24. The van der Waals surface area contributed by atoms with Crippen molar-refractivity contribution in [2.75, 3.05) is 0 Å². The van der Waals surface area contributed by atoms with Crippen LogP contribution in [0.4, 0.5) is 0 Å². The van der Waals surface area contributed by atoms with Crippen LogP contribution in [0.5, 0.6) is 0 Å². The summed E-state index contributed by atoms with van der Waals surface area (Å²) in [5.41, 5.74) is 2.19. The molecule has 0 saturated carbocycles. The lowest BCUT2D eigenvalue weighted by Gasteiger charge is -2.11. The Balaban J connectivity index is 2.42. The van der Waals surface area contributed by atoms with Crippen LogP contribution in [-0.2, 0) is 6.42 Å². The molecule has 1 aliphatic carbocycles. The SMILES string of the molecule is O=C(O)c1ccc2c(c1)CCCCC2O. The first-order valence-electron chi connectivity index (χ1n) is 5.22. The normalized spacial score (nSPS) is 20.5. The average Bonchev–Trinajstić information content (AvgIpc) is 2.40. The highest BCUT2D eigenvalue weighted by Gasteiger charge is 2.17. The molecule has 2 N–H and O–H groups in total. The Morgan fingerprint density at radius 2 is 2.13 bits per heavy atom. The van der Waals surface area contributed by atoms with Gasteiger partial charge < -0.3 is 10.2 Å². The molecular weight excluding hydrogens is 192 g/mol. The quantitative estimate of drug-likeness (QED) is 0.692. The van der Waals surface area contributed by atoms with Crippen LogP contribution in [0.15, 0.2) is 18.2 Å². The number of hydrogen-bond donors (Lipinski definition) is 2. The molecule has 1 aromatic carbocycles. The predicted octanol–water partition coefficient (Wildman–Crippen LogP) is 2.14. The van der Waals surface area contributed by atoms with E-state index in [0.717, 1.165) is 36.8 Å². The Kier molecular flexibility index (Phi) is 2.73. The molecule has 15 heavy (non-hydrogen) atoms. The van der Waals surface area contributed by atoms with Crippen molar-refractivity contribution in [3.05, 3.63) is 34.9 Å². The minimum Gasteiger partial charge on any atom is -0.478 e. The summed E-state index contributed by atoms with van der Waals surface area (Å²) in [7, 11) is 0. The number of aromatic carboxylic acids is 1. The van der Waals surface area contributed by atoms with Gasteiger partial charge in [0.05, 0.1) is 11.7 Å². The molecule has 2 rings (SSSR count). The van der Waals surface area contributed by atoms with Gasteiger partial charge in [0.25, 0.3) is 0 Å². The van der Waals surface area contributed by atoms with Gasteiger partial charge >= 0.3 is 5.97 Å². The summed E-state index contributed by atoms with van der Waals surface area (Å²) in [6, 6.07) is 5.00. The van der Waals surface area contributed by atoms with E-state index in [1.165, 1.54) is 0 Å². The molecule has 0 aliphatic heterocycles. The number of carbonyl (C=O) groups is 1. The highest BCUT2D eigenvalue weighted by molar-refractivity contribution is 5.87. The van der Waals surface area contributed by atoms with Crippen LogP contribution in [0.3, 0.4) is 0 Å². The van der Waals surface area contributed by atoms with E-state index in [-0.39, 0.29) is 0 Å². The minimum absolute atomic E-state index is 0.308. The van der Waals surface area contributed by atoms with Gasteiger partial charge in [0, 0.05) is 0 Å². The number of carboxylic acids is 1. The number of aliphatic hydroxyl groups excluding tert-OH is 1. The van der Waals surface area contributed by atoms with Crippen molar-refractivity contribution in [3.8, 4) is 0 Å². The molecule has 0 radical (unpaired) electrons. The summed E-state index contributed by atoms with van der Waals surface area (Å²) < 4.78 is 0. The average molecular weight is 206 g/mol. The van der Waals surface area contributed by atoms with Crippen molar-refractivity contribution in [2.24, 2.45) is 0 Å². The summed E-state index contributed by atoms with van der Waals surface area (Å²) in [6.45, 7) is 0. The summed E-state index contributed by atoms with van der Waals surface area (Å²) in [5, 5.41) is 18.7. The third-order valence-corrected chi connectivity index (χ3v) is 2.92. The van der Waals surface area contributed by atoms with Gasteiger partial charge in [-0.15, -0.1) is 0 Å². The maximum absolute atomic E-state index is 10.8. The second-order valence-electron chi connectivity index (χ2n) is 3.98. The predicted molar refractivity (Wildman–Crippen MR) is 55.9 cm³/mol. The van der Waals surface area contributed by atoms with Gasteiger partial charge in [-0.25, -0.2) is 4.79 Å². The van der Waals surface area contributed by atoms with E-state index in [1.807, 2.05) is 0 Å². The molecule has 1 aliphatic rings. The highest BCUT2D eigenvalue weighted by Crippen LogP contribution is 2.29. The Morgan fingerprint density at radius 3 is 2.87 bits per heavy atom. The Labute approximate surface area is 88.4 Å². The summed E-state index contributed by atoms with van der Waals surface area (Å²) in [5.74, 6) is -0.906. The van der Waals surface area contributed by atoms with Crippen LogP contribution in [0.25, 0.3) is 0 Å². The Hall–Kier alpha value is -1.35. The van der Waals surface area contributed by atoms with Gasteiger partial charge in [0.2, 0.25) is 0 Å². The number of benzene rings is 1. The van der Waals surface area contributed by atoms with Crippen molar-refractivity contribution >= 4 is 5.97 Å². The highest BCUT2D eigenvalue weighted by atomic mass is 16.4. The van der Waals surface area contributed by atoms with Crippen molar-refractivity contribution in [2.45, 2.75) is 31.8 Å². The zero-order valence-electron chi connectivity index (χ0n) is 8.44. The van der Waals surface area contributed by atoms with E-state index in [0.29, 0.717) is 5.56 Å². The molecule has 0 saturated heterocycles. The molecule has 0 spiro atoms. The first-order chi connectivity index (χ1) is 7.18. The van der Waals surface area contributed by atoms with Crippen molar-refractivity contribution in [1.29, 1.82) is 0 Å². The molecule has 0 heterocycles. The molecule has 0 amide bonds. The second kappa shape index (κ2) is 4.03. The number of fused-ring (bicyclic) bond motifs is 1. The molecule has 0 aromatic heterocycles. The molecule has 1 aromatic rings. The number of aliphatic hydroxyl groups is 1. The number of rotatable bonds is 1. The lowest BCUT2D eigenvalue weighted by atomic mass is 9.98. The first-order valence-corrected chi connectivity index (χ1v) is 5.22. The molecule has 3 heteroatoms. The zero-order valence-corrected chi connectivity index (χ0v) is 8.44. The maximum atomic E-state index is 10.8. The van der Waals surface area contributed by atoms with Crippen molar-refractivity contribution < 1.29 is 15.0 Å². The zero-order chi connectivity index (χ0) is 10.8. The largest absolute Gasteiger partial charge is 0.478 e. The van der Waals surface area contributed by atoms with E-state index in [1.54, 1.807) is 18.2 Å². The van der Waals surface area contributed by atoms with Crippen LogP contribution in [-0.4, -0.2) is 16.2 Å². The van der Waals surface area contributed by atoms with Crippen molar-refractivity contribution in [3.63, 3.8) is 0 Å². The Morgan fingerprint density at radius 1 is 1.33 bits per heavy atom. The standard InChI is InChI=1S/C12H14O3/c13-11-4-2-1-3-8-7-9(12(14)15)5-6-10(8)11/h5-7,11,13H,1-4H2,(H,14,15). The molecular formula is C12H14O3. The van der Waals surface area contributed by atoms with E-state index >= 15 is 0 Å². The lowest BCUT2D eigenvalue weighted by molar-refractivity contribution is 0.0696. The van der Waals surface area contributed by atoms with Gasteiger partial charge in [0.15, 0.2) is 0 Å². The number of aryl methyl sites for hydroxylation is 1. The fraction of sp³-hybridized carbons (Fsp3) is 0.417. The van der Waals surface area contributed by atoms with Crippen LogP contribution in [0.1, 0.15) is 46.9 Å². The van der Waals surface area contributed by atoms with Gasteiger partial charge in [-0.3, -0.25) is 0 Å². The monoisotopic (exact) mass is 206 g/mol. The van der Waals surface area contributed by atoms with Gasteiger partial charge in [0.1, 0.15) is 0 Å². The summed E-state index contributed by atoms with van der Waals surface area (Å²) in [4.78, 5) is 10.8.